The summed E-state index contributed by atoms with van der Waals surface area (Å²) in [6.07, 6.45) is 0. The van der Waals surface area contributed by atoms with Gasteiger partial charge in [-0.15, -0.1) is 0 Å². The Morgan fingerprint density at radius 2 is 1.62 bits per heavy atom. The van der Waals surface area contributed by atoms with Crippen molar-refractivity contribution >= 4 is 11.4 Å². The Balaban J connectivity index is 2.59. The van der Waals surface area contributed by atoms with Gasteiger partial charge in [-0.2, -0.15) is 0 Å². The highest BCUT2D eigenvalue weighted by Crippen LogP contribution is 2.30. The second-order valence-electron chi connectivity index (χ2n) is 3.44. The maximum absolute atomic E-state index is 13.1. The van der Waals surface area contributed by atoms with Crippen molar-refractivity contribution in [1.82, 2.24) is 0 Å². The lowest BCUT2D eigenvalue weighted by Crippen LogP contribution is -1.97. The van der Waals surface area contributed by atoms with Gasteiger partial charge in [0.25, 0.3) is 0 Å². The summed E-state index contributed by atoms with van der Waals surface area (Å²) in [5.74, 6) is -1.79. The van der Waals surface area contributed by atoms with Crippen molar-refractivity contribution in [2.75, 3.05) is 11.5 Å². The van der Waals surface area contributed by atoms with E-state index in [2.05, 4.69) is 0 Å². The molecule has 0 saturated heterocycles. The van der Waals surface area contributed by atoms with Gasteiger partial charge in [0.2, 0.25) is 0 Å². The van der Waals surface area contributed by atoms with Crippen LogP contribution in [0.3, 0.4) is 0 Å². The summed E-state index contributed by atoms with van der Waals surface area (Å²) in [4.78, 5) is 0. The highest BCUT2D eigenvalue weighted by molar-refractivity contribution is 5.84. The van der Waals surface area contributed by atoms with Crippen molar-refractivity contribution in [2.45, 2.75) is 0 Å². The zero-order valence-electron chi connectivity index (χ0n) is 8.37. The van der Waals surface area contributed by atoms with E-state index < -0.39 is 11.6 Å². The predicted molar refractivity (Wildman–Crippen MR) is 60.6 cm³/mol. The van der Waals surface area contributed by atoms with Crippen molar-refractivity contribution in [3.05, 3.63) is 48.0 Å². The fourth-order valence-electron chi connectivity index (χ4n) is 1.50. The lowest BCUT2D eigenvalue weighted by molar-refractivity contribution is 0.509. The van der Waals surface area contributed by atoms with E-state index >= 15 is 0 Å². The second-order valence-corrected chi connectivity index (χ2v) is 3.44. The monoisotopic (exact) mass is 220 g/mol. The van der Waals surface area contributed by atoms with E-state index in [9.17, 15) is 8.78 Å². The summed E-state index contributed by atoms with van der Waals surface area (Å²) in [7, 11) is 0. The summed E-state index contributed by atoms with van der Waals surface area (Å²) >= 11 is 0. The van der Waals surface area contributed by atoms with Gasteiger partial charge in [0.1, 0.15) is 0 Å². The molecule has 0 aromatic heterocycles. The number of anilines is 2. The molecule has 0 saturated carbocycles. The number of hydrogen-bond donors (Lipinski definition) is 2. The van der Waals surface area contributed by atoms with Crippen LogP contribution in [0.2, 0.25) is 0 Å². The molecule has 0 radical (unpaired) electrons. The van der Waals surface area contributed by atoms with Crippen molar-refractivity contribution in [1.29, 1.82) is 0 Å². The van der Waals surface area contributed by atoms with E-state index in [1.807, 2.05) is 0 Å². The average Bonchev–Trinajstić information content (AvgIpc) is 2.26. The van der Waals surface area contributed by atoms with Gasteiger partial charge in [-0.1, -0.05) is 18.2 Å². The van der Waals surface area contributed by atoms with E-state index in [4.69, 9.17) is 11.5 Å². The predicted octanol–water partition coefficient (Wildman–Crippen LogP) is 2.80. The van der Waals surface area contributed by atoms with Crippen molar-refractivity contribution in [3.63, 3.8) is 0 Å². The number of rotatable bonds is 1. The molecule has 0 amide bonds. The molecule has 0 aliphatic rings. The Hall–Kier alpha value is -2.10. The Morgan fingerprint density at radius 1 is 0.875 bits per heavy atom. The molecular formula is C12H10F2N2. The van der Waals surface area contributed by atoms with Crippen LogP contribution in [-0.4, -0.2) is 0 Å². The summed E-state index contributed by atoms with van der Waals surface area (Å²) in [5, 5.41) is 0. The van der Waals surface area contributed by atoms with Gasteiger partial charge in [0, 0.05) is 5.56 Å². The van der Waals surface area contributed by atoms with E-state index in [1.165, 1.54) is 6.07 Å². The normalized spacial score (nSPS) is 10.4. The van der Waals surface area contributed by atoms with E-state index in [0.29, 0.717) is 22.5 Å². The van der Waals surface area contributed by atoms with E-state index in [0.717, 1.165) is 12.1 Å². The van der Waals surface area contributed by atoms with Crippen LogP contribution in [0.25, 0.3) is 11.1 Å². The van der Waals surface area contributed by atoms with Crippen LogP contribution in [-0.2, 0) is 0 Å². The SMILES string of the molecule is Nc1cccc(-c2ccc(F)c(F)c2)c1N. The molecule has 2 aromatic rings. The molecule has 0 fully saturated rings. The van der Waals surface area contributed by atoms with Crippen LogP contribution < -0.4 is 11.5 Å². The minimum atomic E-state index is -0.903. The molecule has 4 heteroatoms. The Kier molecular flexibility index (Phi) is 2.48. The smallest absolute Gasteiger partial charge is 0.159 e. The Morgan fingerprint density at radius 3 is 2.31 bits per heavy atom. The van der Waals surface area contributed by atoms with Crippen molar-refractivity contribution in [3.8, 4) is 11.1 Å². The molecule has 16 heavy (non-hydrogen) atoms. The van der Waals surface area contributed by atoms with Crippen LogP contribution in [0, 0.1) is 11.6 Å². The van der Waals surface area contributed by atoms with Crippen molar-refractivity contribution < 1.29 is 8.78 Å². The van der Waals surface area contributed by atoms with Gasteiger partial charge >= 0.3 is 0 Å². The molecule has 0 bridgehead atoms. The highest BCUT2D eigenvalue weighted by Gasteiger charge is 2.08. The maximum atomic E-state index is 13.1. The first-order valence-electron chi connectivity index (χ1n) is 4.69. The van der Waals surface area contributed by atoms with Gasteiger partial charge < -0.3 is 11.5 Å². The van der Waals surface area contributed by atoms with Crippen LogP contribution in [0.4, 0.5) is 20.2 Å². The van der Waals surface area contributed by atoms with Gasteiger partial charge in [0.15, 0.2) is 11.6 Å². The zero-order valence-corrected chi connectivity index (χ0v) is 8.37. The number of nitrogens with two attached hydrogens (primary N) is 2. The third-order valence-electron chi connectivity index (χ3n) is 2.37. The molecule has 0 heterocycles. The number of para-hydroxylation sites is 1. The quantitative estimate of drug-likeness (QED) is 0.726. The molecule has 4 N–H and O–H groups in total. The van der Waals surface area contributed by atoms with Crippen LogP contribution >= 0.6 is 0 Å². The highest BCUT2D eigenvalue weighted by atomic mass is 19.2. The maximum Gasteiger partial charge on any atom is 0.159 e. The second kappa shape index (κ2) is 3.81. The standard InChI is InChI=1S/C12H10F2N2/c13-9-5-4-7(6-10(9)14)8-2-1-3-11(15)12(8)16/h1-6H,15-16H2. The Labute approximate surface area is 91.5 Å². The number of halogens is 2. The third-order valence-corrected chi connectivity index (χ3v) is 2.37. The summed E-state index contributed by atoms with van der Waals surface area (Å²) in [6.45, 7) is 0. The minimum absolute atomic E-state index is 0.369. The largest absolute Gasteiger partial charge is 0.397 e. The van der Waals surface area contributed by atoms with Gasteiger partial charge in [0.05, 0.1) is 11.4 Å². The molecule has 0 spiro atoms. The van der Waals surface area contributed by atoms with Crippen LogP contribution in [0.1, 0.15) is 0 Å². The third kappa shape index (κ3) is 1.69. The van der Waals surface area contributed by atoms with Crippen LogP contribution in [0.5, 0.6) is 0 Å². The lowest BCUT2D eigenvalue weighted by Gasteiger charge is -2.08. The molecule has 0 aliphatic heterocycles. The molecule has 2 rings (SSSR count). The van der Waals surface area contributed by atoms with Crippen molar-refractivity contribution in [2.24, 2.45) is 0 Å². The fraction of sp³-hybridized carbons (Fsp3) is 0. The van der Waals surface area contributed by atoms with Gasteiger partial charge in [-0.3, -0.25) is 0 Å². The number of benzene rings is 2. The Bertz CT molecular complexity index is 539. The molecule has 2 nitrogen and oxygen atoms in total. The molecule has 0 atom stereocenters. The number of nitrogen functional groups attached to an aromatic ring is 2. The lowest BCUT2D eigenvalue weighted by atomic mass is 10.0. The molecule has 0 aliphatic carbocycles. The van der Waals surface area contributed by atoms with E-state index in [-0.39, 0.29) is 0 Å². The molecule has 2 aromatic carbocycles. The zero-order chi connectivity index (χ0) is 11.7. The fourth-order valence-corrected chi connectivity index (χ4v) is 1.50. The molecule has 82 valence electrons. The first-order chi connectivity index (χ1) is 7.59. The van der Waals surface area contributed by atoms with Gasteiger partial charge in [-0.05, 0) is 23.8 Å². The summed E-state index contributed by atoms with van der Waals surface area (Å²) in [5.41, 5.74) is 13.3. The van der Waals surface area contributed by atoms with Gasteiger partial charge in [-0.25, -0.2) is 8.78 Å². The first kappa shape index (κ1) is 10.4. The summed E-state index contributed by atoms with van der Waals surface area (Å²) < 4.78 is 25.8. The summed E-state index contributed by atoms with van der Waals surface area (Å²) in [6, 6.07) is 8.69. The molecule has 0 unspecified atom stereocenters. The average molecular weight is 220 g/mol. The minimum Gasteiger partial charge on any atom is -0.397 e. The van der Waals surface area contributed by atoms with E-state index in [1.54, 1.807) is 18.2 Å². The number of hydrogen-bond acceptors (Lipinski definition) is 2. The first-order valence-corrected chi connectivity index (χ1v) is 4.69. The topological polar surface area (TPSA) is 52.0 Å². The van der Waals surface area contributed by atoms with Crippen LogP contribution in [0.15, 0.2) is 36.4 Å². The molecular weight excluding hydrogens is 210 g/mol.